The molecule has 0 saturated heterocycles. The second-order valence-electron chi connectivity index (χ2n) is 3.39. The number of benzene rings is 1. The Kier molecular flexibility index (Phi) is 2.43. The van der Waals surface area contributed by atoms with Crippen molar-refractivity contribution in [2.45, 2.75) is 6.10 Å². The molecule has 4 heteroatoms. The molecule has 1 atom stereocenters. The molecule has 0 fully saturated rings. The summed E-state index contributed by atoms with van der Waals surface area (Å²) in [7, 11) is 1.83. The van der Waals surface area contributed by atoms with Crippen LogP contribution < -0.4 is 0 Å². The van der Waals surface area contributed by atoms with Crippen molar-refractivity contribution in [3.8, 4) is 5.75 Å². The molecule has 78 valence electrons. The highest BCUT2D eigenvalue weighted by Gasteiger charge is 2.14. The van der Waals surface area contributed by atoms with E-state index in [4.69, 9.17) is 5.11 Å². The van der Waals surface area contributed by atoms with E-state index >= 15 is 0 Å². The molecule has 2 N–H and O–H groups in total. The van der Waals surface area contributed by atoms with E-state index in [0.717, 1.165) is 0 Å². The SMILES string of the molecule is Cn1ccnc1C(O)c1ccc(O)cc1. The van der Waals surface area contributed by atoms with Crippen LogP contribution in [0.3, 0.4) is 0 Å². The van der Waals surface area contributed by atoms with Gasteiger partial charge in [0.05, 0.1) is 0 Å². The highest BCUT2D eigenvalue weighted by atomic mass is 16.3. The summed E-state index contributed by atoms with van der Waals surface area (Å²) in [6, 6.07) is 6.44. The molecule has 0 spiro atoms. The van der Waals surface area contributed by atoms with Crippen LogP contribution in [0.25, 0.3) is 0 Å². The predicted octanol–water partition coefficient (Wildman–Crippen LogP) is 1.21. The number of rotatable bonds is 2. The van der Waals surface area contributed by atoms with E-state index in [2.05, 4.69) is 4.98 Å². The lowest BCUT2D eigenvalue weighted by Gasteiger charge is -2.10. The average molecular weight is 204 g/mol. The minimum Gasteiger partial charge on any atom is -0.508 e. The molecule has 4 nitrogen and oxygen atoms in total. The highest BCUT2D eigenvalue weighted by molar-refractivity contribution is 5.29. The van der Waals surface area contributed by atoms with Gasteiger partial charge in [-0.1, -0.05) is 12.1 Å². The van der Waals surface area contributed by atoms with Crippen molar-refractivity contribution in [3.63, 3.8) is 0 Å². The molecule has 15 heavy (non-hydrogen) atoms. The van der Waals surface area contributed by atoms with Crippen LogP contribution in [0.4, 0.5) is 0 Å². The Morgan fingerprint density at radius 1 is 1.27 bits per heavy atom. The molecule has 1 aromatic carbocycles. The third kappa shape index (κ3) is 1.85. The number of aromatic nitrogens is 2. The minimum atomic E-state index is -0.759. The summed E-state index contributed by atoms with van der Waals surface area (Å²) in [5, 5.41) is 19.1. The summed E-state index contributed by atoms with van der Waals surface area (Å²) in [6.07, 6.45) is 2.66. The van der Waals surface area contributed by atoms with Gasteiger partial charge in [0.15, 0.2) is 0 Å². The maximum absolute atomic E-state index is 9.99. The number of aliphatic hydroxyl groups is 1. The van der Waals surface area contributed by atoms with E-state index in [0.29, 0.717) is 11.4 Å². The van der Waals surface area contributed by atoms with Gasteiger partial charge in [-0.2, -0.15) is 0 Å². The number of aryl methyl sites for hydroxylation is 1. The Morgan fingerprint density at radius 2 is 1.93 bits per heavy atom. The Labute approximate surface area is 87.4 Å². The zero-order valence-electron chi connectivity index (χ0n) is 8.33. The molecule has 1 aromatic heterocycles. The van der Waals surface area contributed by atoms with Gasteiger partial charge in [-0.3, -0.25) is 0 Å². The molecular weight excluding hydrogens is 192 g/mol. The molecule has 0 amide bonds. The first-order chi connectivity index (χ1) is 7.18. The number of nitrogens with zero attached hydrogens (tertiary/aromatic N) is 2. The van der Waals surface area contributed by atoms with Crippen molar-refractivity contribution in [1.82, 2.24) is 9.55 Å². The average Bonchev–Trinajstić information content (AvgIpc) is 2.65. The number of aromatic hydroxyl groups is 1. The van der Waals surface area contributed by atoms with E-state index in [-0.39, 0.29) is 5.75 Å². The fraction of sp³-hybridized carbons (Fsp3) is 0.182. The van der Waals surface area contributed by atoms with E-state index in [9.17, 15) is 5.11 Å². The molecule has 0 aliphatic carbocycles. The zero-order chi connectivity index (χ0) is 10.8. The number of aliphatic hydroxyl groups excluding tert-OH is 1. The van der Waals surface area contributed by atoms with Crippen LogP contribution in [-0.2, 0) is 7.05 Å². The highest BCUT2D eigenvalue weighted by Crippen LogP contribution is 2.21. The minimum absolute atomic E-state index is 0.186. The Morgan fingerprint density at radius 3 is 2.47 bits per heavy atom. The normalized spacial score (nSPS) is 12.7. The van der Waals surface area contributed by atoms with Crippen LogP contribution in [0, 0.1) is 0 Å². The van der Waals surface area contributed by atoms with Crippen LogP contribution in [-0.4, -0.2) is 19.8 Å². The standard InChI is InChI=1S/C11H12N2O2/c1-13-7-6-12-11(13)10(15)8-2-4-9(14)5-3-8/h2-7,10,14-15H,1H3. The third-order valence-electron chi connectivity index (χ3n) is 2.31. The Bertz CT molecular complexity index is 448. The van der Waals surface area contributed by atoms with Crippen molar-refractivity contribution in [2.24, 2.45) is 7.05 Å². The predicted molar refractivity (Wildman–Crippen MR) is 55.4 cm³/mol. The van der Waals surface area contributed by atoms with Crippen molar-refractivity contribution in [2.75, 3.05) is 0 Å². The largest absolute Gasteiger partial charge is 0.508 e. The summed E-state index contributed by atoms with van der Waals surface area (Å²) in [5.41, 5.74) is 0.710. The van der Waals surface area contributed by atoms with Gasteiger partial charge >= 0.3 is 0 Å². The summed E-state index contributed by atoms with van der Waals surface area (Å²) < 4.78 is 1.76. The van der Waals surface area contributed by atoms with Crippen LogP contribution in [0.1, 0.15) is 17.5 Å². The number of phenolic OH excluding ortho intramolecular Hbond substituents is 1. The van der Waals surface area contributed by atoms with Crippen LogP contribution in [0.2, 0.25) is 0 Å². The second-order valence-corrected chi connectivity index (χ2v) is 3.39. The smallest absolute Gasteiger partial charge is 0.142 e. The first-order valence-electron chi connectivity index (χ1n) is 4.62. The monoisotopic (exact) mass is 204 g/mol. The lowest BCUT2D eigenvalue weighted by molar-refractivity contribution is 0.206. The third-order valence-corrected chi connectivity index (χ3v) is 2.31. The fourth-order valence-electron chi connectivity index (χ4n) is 1.45. The van der Waals surface area contributed by atoms with Gasteiger partial charge in [0.25, 0.3) is 0 Å². The van der Waals surface area contributed by atoms with Crippen LogP contribution in [0.5, 0.6) is 5.75 Å². The van der Waals surface area contributed by atoms with E-state index in [1.165, 1.54) is 0 Å². The van der Waals surface area contributed by atoms with E-state index in [1.807, 2.05) is 7.05 Å². The van der Waals surface area contributed by atoms with Crippen molar-refractivity contribution >= 4 is 0 Å². The van der Waals surface area contributed by atoms with Gasteiger partial charge in [-0.15, -0.1) is 0 Å². The summed E-state index contributed by atoms with van der Waals surface area (Å²) in [4.78, 5) is 4.06. The van der Waals surface area contributed by atoms with E-state index < -0.39 is 6.10 Å². The molecule has 1 unspecified atom stereocenters. The lowest BCUT2D eigenvalue weighted by Crippen LogP contribution is -2.06. The maximum atomic E-state index is 9.99. The molecule has 0 bridgehead atoms. The van der Waals surface area contributed by atoms with Gasteiger partial charge in [0.2, 0.25) is 0 Å². The molecule has 1 heterocycles. The van der Waals surface area contributed by atoms with Gasteiger partial charge in [0, 0.05) is 19.4 Å². The Hall–Kier alpha value is -1.81. The first kappa shape index (κ1) is 9.73. The number of phenols is 1. The van der Waals surface area contributed by atoms with Gasteiger partial charge in [0.1, 0.15) is 17.7 Å². The zero-order valence-corrected chi connectivity index (χ0v) is 8.33. The van der Waals surface area contributed by atoms with Crippen molar-refractivity contribution in [1.29, 1.82) is 0 Å². The van der Waals surface area contributed by atoms with Gasteiger partial charge in [-0.25, -0.2) is 4.98 Å². The number of hydrogen-bond acceptors (Lipinski definition) is 3. The van der Waals surface area contributed by atoms with Crippen molar-refractivity contribution < 1.29 is 10.2 Å². The Balaban J connectivity index is 2.32. The van der Waals surface area contributed by atoms with Gasteiger partial charge < -0.3 is 14.8 Å². The van der Waals surface area contributed by atoms with Gasteiger partial charge in [-0.05, 0) is 17.7 Å². The quantitative estimate of drug-likeness (QED) is 0.773. The molecule has 2 aromatic rings. The van der Waals surface area contributed by atoms with Crippen LogP contribution in [0.15, 0.2) is 36.7 Å². The molecule has 0 aliphatic rings. The first-order valence-corrected chi connectivity index (χ1v) is 4.62. The molecule has 0 radical (unpaired) electrons. The number of imidazole rings is 1. The fourth-order valence-corrected chi connectivity index (χ4v) is 1.45. The maximum Gasteiger partial charge on any atom is 0.142 e. The summed E-state index contributed by atoms with van der Waals surface area (Å²) >= 11 is 0. The second kappa shape index (κ2) is 3.74. The molecular formula is C11H12N2O2. The lowest BCUT2D eigenvalue weighted by atomic mass is 10.1. The summed E-state index contributed by atoms with van der Waals surface area (Å²) in [6.45, 7) is 0. The summed E-state index contributed by atoms with van der Waals surface area (Å²) in [5.74, 6) is 0.770. The molecule has 0 saturated carbocycles. The topological polar surface area (TPSA) is 58.3 Å². The van der Waals surface area contributed by atoms with Crippen LogP contribution >= 0.6 is 0 Å². The molecule has 2 rings (SSSR count). The van der Waals surface area contributed by atoms with E-state index in [1.54, 1.807) is 41.2 Å². The number of hydrogen-bond donors (Lipinski definition) is 2. The molecule has 0 aliphatic heterocycles. The van der Waals surface area contributed by atoms with Crippen molar-refractivity contribution in [3.05, 3.63) is 48.0 Å².